The van der Waals surface area contributed by atoms with Crippen LogP contribution in [0.25, 0.3) is 0 Å². The fraction of sp³-hybridized carbons (Fsp3) is 0.417. The topological polar surface area (TPSA) is 129 Å². The molecule has 1 rings (SSSR count). The molecule has 0 aliphatic heterocycles. The molecule has 1 aromatic carbocycles. The van der Waals surface area contributed by atoms with Crippen molar-refractivity contribution in [2.24, 2.45) is 0 Å². The number of nitrogens with one attached hydrogen (secondary N) is 2. The number of esters is 2. The summed E-state index contributed by atoms with van der Waals surface area (Å²) in [6.45, 7) is 13.4. The highest BCUT2D eigenvalue weighted by atomic mass is 16.6. The first-order valence-corrected chi connectivity index (χ1v) is 10.6. The zero-order valence-electron chi connectivity index (χ0n) is 20.0. The maximum Gasteiger partial charge on any atom is 0.407 e. The van der Waals surface area contributed by atoms with Gasteiger partial charge in [-0.1, -0.05) is 37.4 Å². The van der Waals surface area contributed by atoms with Gasteiger partial charge in [0.05, 0.1) is 0 Å². The quantitative estimate of drug-likeness (QED) is 0.263. The van der Waals surface area contributed by atoms with E-state index in [1.807, 2.05) is 0 Å². The standard InChI is InChI=1S/C24H32N2O8.2H2/c1-15(2)21(27)31-13-17(5)33-23(29)25-11-19-8-7-9-20(10-19)12-26-24(30)34-18(6)14-32-22(28)16(3)4;;/h7-10,17-18H,1,3,11-14H2,2,4-6H3,(H,25,29)(H,26,30);2*1H. The molecule has 0 fully saturated rings. The minimum atomic E-state index is -0.660. The summed E-state index contributed by atoms with van der Waals surface area (Å²) in [6, 6.07) is 7.19. The second kappa shape index (κ2) is 14.4. The molecule has 0 aliphatic carbocycles. The minimum Gasteiger partial charge on any atom is -0.458 e. The average molecular weight is 481 g/mol. The Morgan fingerprint density at radius 3 is 1.56 bits per heavy atom. The molecule has 0 saturated carbocycles. The summed E-state index contributed by atoms with van der Waals surface area (Å²) in [6.07, 6.45) is -2.58. The zero-order valence-corrected chi connectivity index (χ0v) is 20.0. The van der Waals surface area contributed by atoms with Gasteiger partial charge in [0.15, 0.2) is 0 Å². The number of benzene rings is 1. The molecule has 2 amide bonds. The van der Waals surface area contributed by atoms with Crippen LogP contribution >= 0.6 is 0 Å². The van der Waals surface area contributed by atoms with Crippen molar-refractivity contribution in [2.45, 2.75) is 53.0 Å². The van der Waals surface area contributed by atoms with Gasteiger partial charge in [0.2, 0.25) is 0 Å². The molecule has 0 bridgehead atoms. The Balaban J connectivity index is 0. The van der Waals surface area contributed by atoms with E-state index in [4.69, 9.17) is 18.9 Å². The summed E-state index contributed by atoms with van der Waals surface area (Å²) in [5.41, 5.74) is 2.09. The maximum atomic E-state index is 11.9. The first-order valence-electron chi connectivity index (χ1n) is 10.6. The third-order valence-electron chi connectivity index (χ3n) is 4.08. The van der Waals surface area contributed by atoms with Crippen LogP contribution in [0, 0.1) is 0 Å². The second-order valence-corrected chi connectivity index (χ2v) is 7.72. The molecular weight excluding hydrogens is 444 g/mol. The highest BCUT2D eigenvalue weighted by molar-refractivity contribution is 5.87. The SMILES string of the molecule is C=C(C)C(=O)OCC(C)OC(=O)NCc1cccc(CNC(=O)OC(C)COC(=O)C(=C)C)c1.[HH].[HH]. The van der Waals surface area contributed by atoms with Crippen LogP contribution in [0.1, 0.15) is 41.7 Å². The van der Waals surface area contributed by atoms with Crippen LogP contribution in [-0.4, -0.2) is 49.5 Å². The lowest BCUT2D eigenvalue weighted by molar-refractivity contribution is -0.142. The summed E-state index contributed by atoms with van der Waals surface area (Å²) in [5, 5.41) is 5.22. The molecule has 0 saturated heterocycles. The molecule has 2 unspecified atom stereocenters. The van der Waals surface area contributed by atoms with E-state index in [9.17, 15) is 19.2 Å². The van der Waals surface area contributed by atoms with Crippen molar-refractivity contribution < 1.29 is 41.0 Å². The number of carbonyl (C=O) groups excluding carboxylic acids is 4. The molecule has 10 heteroatoms. The van der Waals surface area contributed by atoms with Gasteiger partial charge >= 0.3 is 24.1 Å². The van der Waals surface area contributed by atoms with E-state index < -0.39 is 36.3 Å². The zero-order chi connectivity index (χ0) is 25.7. The van der Waals surface area contributed by atoms with Crippen molar-refractivity contribution in [3.8, 4) is 0 Å². The highest BCUT2D eigenvalue weighted by Crippen LogP contribution is 2.06. The summed E-state index contributed by atoms with van der Waals surface area (Å²) < 4.78 is 20.1. The molecule has 10 nitrogen and oxygen atoms in total. The average Bonchev–Trinajstić information content (AvgIpc) is 2.78. The van der Waals surface area contributed by atoms with Crippen LogP contribution in [0.2, 0.25) is 0 Å². The van der Waals surface area contributed by atoms with Crippen LogP contribution in [-0.2, 0) is 41.6 Å². The first-order chi connectivity index (χ1) is 16.0. The molecule has 0 radical (unpaired) electrons. The lowest BCUT2D eigenvalue weighted by Gasteiger charge is -2.15. The Labute approximate surface area is 202 Å². The van der Waals surface area contributed by atoms with E-state index in [0.29, 0.717) is 0 Å². The monoisotopic (exact) mass is 480 g/mol. The highest BCUT2D eigenvalue weighted by Gasteiger charge is 2.14. The van der Waals surface area contributed by atoms with Crippen LogP contribution in [0.5, 0.6) is 0 Å². The van der Waals surface area contributed by atoms with Gasteiger partial charge in [-0.3, -0.25) is 0 Å². The normalized spacial score (nSPS) is 11.9. The smallest absolute Gasteiger partial charge is 0.407 e. The van der Waals surface area contributed by atoms with Crippen molar-refractivity contribution in [3.05, 3.63) is 59.7 Å². The van der Waals surface area contributed by atoms with Gasteiger partial charge in [-0.25, -0.2) is 19.2 Å². The van der Waals surface area contributed by atoms with Gasteiger partial charge in [0.25, 0.3) is 0 Å². The van der Waals surface area contributed by atoms with E-state index in [1.165, 1.54) is 13.8 Å². The van der Waals surface area contributed by atoms with Gasteiger partial charge in [-0.15, -0.1) is 0 Å². The second-order valence-electron chi connectivity index (χ2n) is 7.72. The largest absolute Gasteiger partial charge is 0.458 e. The number of amides is 2. The Morgan fingerprint density at radius 2 is 1.21 bits per heavy atom. The van der Waals surface area contributed by atoms with E-state index >= 15 is 0 Å². The van der Waals surface area contributed by atoms with E-state index in [0.717, 1.165) is 11.1 Å². The van der Waals surface area contributed by atoms with Crippen LogP contribution in [0.4, 0.5) is 9.59 Å². The predicted octanol–water partition coefficient (Wildman–Crippen LogP) is 3.65. The van der Waals surface area contributed by atoms with Crippen molar-refractivity contribution in [2.75, 3.05) is 13.2 Å². The first kappa shape index (κ1) is 28.2. The van der Waals surface area contributed by atoms with Gasteiger partial charge < -0.3 is 29.6 Å². The van der Waals surface area contributed by atoms with Crippen LogP contribution < -0.4 is 10.6 Å². The number of hydrogen-bond acceptors (Lipinski definition) is 8. The number of ether oxygens (including phenoxy) is 4. The Kier molecular flexibility index (Phi) is 11.9. The molecule has 0 spiro atoms. The van der Waals surface area contributed by atoms with Crippen LogP contribution in [0.3, 0.4) is 0 Å². The molecule has 0 aromatic heterocycles. The summed E-state index contributed by atoms with van der Waals surface area (Å²) in [5.74, 6) is -1.10. The Bertz CT molecular complexity index is 854. The van der Waals surface area contributed by atoms with Crippen molar-refractivity contribution in [1.29, 1.82) is 0 Å². The number of rotatable bonds is 12. The molecule has 2 N–H and O–H groups in total. The molecule has 190 valence electrons. The molecule has 2 atom stereocenters. The fourth-order valence-electron chi connectivity index (χ4n) is 2.35. The molecule has 0 aliphatic rings. The van der Waals surface area contributed by atoms with Gasteiger partial charge in [0.1, 0.15) is 25.4 Å². The Morgan fingerprint density at radius 1 is 0.824 bits per heavy atom. The number of carbonyl (C=O) groups is 4. The summed E-state index contributed by atoms with van der Waals surface area (Å²) in [4.78, 5) is 46.6. The van der Waals surface area contributed by atoms with E-state index in [1.54, 1.807) is 38.1 Å². The number of alkyl carbamates (subject to hydrolysis) is 2. The van der Waals surface area contributed by atoms with E-state index in [2.05, 4.69) is 23.8 Å². The molecular formula is C24H36N2O8. The van der Waals surface area contributed by atoms with Crippen LogP contribution in [0.15, 0.2) is 48.6 Å². The maximum absolute atomic E-state index is 11.9. The van der Waals surface area contributed by atoms with E-state index in [-0.39, 0.29) is 40.3 Å². The predicted molar refractivity (Wildman–Crippen MR) is 128 cm³/mol. The van der Waals surface area contributed by atoms with Gasteiger partial charge in [-0.2, -0.15) is 0 Å². The van der Waals surface area contributed by atoms with Crippen molar-refractivity contribution in [1.82, 2.24) is 10.6 Å². The summed E-state index contributed by atoms with van der Waals surface area (Å²) >= 11 is 0. The van der Waals surface area contributed by atoms with Crippen molar-refractivity contribution >= 4 is 24.1 Å². The lowest BCUT2D eigenvalue weighted by Crippen LogP contribution is -2.30. The minimum absolute atomic E-state index is 0. The summed E-state index contributed by atoms with van der Waals surface area (Å²) in [7, 11) is 0. The van der Waals surface area contributed by atoms with Gasteiger partial charge in [0, 0.05) is 27.1 Å². The van der Waals surface area contributed by atoms with Gasteiger partial charge in [-0.05, 0) is 38.8 Å². The van der Waals surface area contributed by atoms with Crippen molar-refractivity contribution in [3.63, 3.8) is 0 Å². The third kappa shape index (κ3) is 11.7. The lowest BCUT2D eigenvalue weighted by atomic mass is 10.1. The number of hydrogen-bond donors (Lipinski definition) is 2. The molecule has 0 heterocycles. The third-order valence-corrected chi connectivity index (χ3v) is 4.08. The molecule has 34 heavy (non-hydrogen) atoms. The Hall–Kier alpha value is -3.82. The fourth-order valence-corrected chi connectivity index (χ4v) is 2.35. The molecule has 1 aromatic rings.